The van der Waals surface area contributed by atoms with Crippen molar-refractivity contribution in [1.82, 2.24) is 0 Å². The third-order valence-electron chi connectivity index (χ3n) is 5.15. The number of aryl methyl sites for hydroxylation is 2. The molecular formula is C26H28FN2O3P. The highest BCUT2D eigenvalue weighted by atomic mass is 31.2. The number of nitrogens with zero attached hydrogens (tertiary/aromatic N) is 2. The molecule has 2 aromatic heterocycles. The molecule has 0 bridgehead atoms. The Bertz CT molecular complexity index is 1120. The van der Waals surface area contributed by atoms with Gasteiger partial charge >= 0.3 is 0 Å². The van der Waals surface area contributed by atoms with E-state index in [1.807, 2.05) is 12.1 Å². The molecule has 4 aromatic rings. The van der Waals surface area contributed by atoms with Crippen molar-refractivity contribution in [3.63, 3.8) is 0 Å². The Labute approximate surface area is 194 Å². The lowest BCUT2D eigenvalue weighted by molar-refractivity contribution is -0.677. The SMILES string of the molecule is Cc1c(-c2ccccc2)ccc[n+]1C.Cc1c(-c2ccccc2)ccc[n+]1C.O=P([O-])([O-])F. The molecule has 0 radical (unpaired) electrons. The summed E-state index contributed by atoms with van der Waals surface area (Å²) < 4.78 is 22.9. The second kappa shape index (κ2) is 12.2. The van der Waals surface area contributed by atoms with Gasteiger partial charge in [0.05, 0.1) is 0 Å². The predicted octanol–water partition coefficient (Wildman–Crippen LogP) is 3.76. The fourth-order valence-electron chi connectivity index (χ4n) is 3.23. The van der Waals surface area contributed by atoms with Gasteiger partial charge < -0.3 is 14.4 Å². The van der Waals surface area contributed by atoms with Gasteiger partial charge in [-0.3, -0.25) is 0 Å². The van der Waals surface area contributed by atoms with E-state index in [1.165, 1.54) is 33.6 Å². The highest BCUT2D eigenvalue weighted by Crippen LogP contribution is 2.22. The number of aromatic nitrogens is 2. The van der Waals surface area contributed by atoms with Crippen molar-refractivity contribution in [2.24, 2.45) is 14.1 Å². The Hall–Kier alpha value is -3.18. The van der Waals surface area contributed by atoms with Gasteiger partial charge in [0.1, 0.15) is 22.0 Å². The highest BCUT2D eigenvalue weighted by Gasteiger charge is 2.09. The lowest BCUT2D eigenvalue weighted by atomic mass is 10.0. The number of pyridine rings is 2. The molecule has 0 atom stereocenters. The molecule has 7 heteroatoms. The Kier molecular flexibility index (Phi) is 9.61. The maximum absolute atomic E-state index is 10.1. The largest absolute Gasteiger partial charge is 0.786 e. The number of hydrogen-bond acceptors (Lipinski definition) is 3. The van der Waals surface area contributed by atoms with Crippen LogP contribution in [0.3, 0.4) is 0 Å². The summed E-state index contributed by atoms with van der Waals surface area (Å²) in [6.07, 6.45) is 4.14. The molecule has 172 valence electrons. The first-order valence-electron chi connectivity index (χ1n) is 10.3. The number of rotatable bonds is 2. The van der Waals surface area contributed by atoms with Gasteiger partial charge in [0.2, 0.25) is 0 Å². The van der Waals surface area contributed by atoms with Gasteiger partial charge in [0.15, 0.2) is 23.8 Å². The Morgan fingerprint density at radius 2 is 0.939 bits per heavy atom. The zero-order chi connectivity index (χ0) is 24.4. The fourth-order valence-corrected chi connectivity index (χ4v) is 3.23. The van der Waals surface area contributed by atoms with E-state index < -0.39 is 7.91 Å². The highest BCUT2D eigenvalue weighted by molar-refractivity contribution is 7.42. The Morgan fingerprint density at radius 1 is 0.636 bits per heavy atom. The van der Waals surface area contributed by atoms with Crippen LogP contribution in [0.15, 0.2) is 97.3 Å². The van der Waals surface area contributed by atoms with Gasteiger partial charge in [-0.25, -0.2) is 13.3 Å². The van der Waals surface area contributed by atoms with E-state index in [2.05, 4.69) is 122 Å². The van der Waals surface area contributed by atoms with Crippen molar-refractivity contribution in [1.29, 1.82) is 0 Å². The van der Waals surface area contributed by atoms with Crippen LogP contribution in [0.2, 0.25) is 0 Å². The minimum Gasteiger partial charge on any atom is -0.786 e. The van der Waals surface area contributed by atoms with Crippen LogP contribution in [0.4, 0.5) is 4.20 Å². The monoisotopic (exact) mass is 466 g/mol. The van der Waals surface area contributed by atoms with E-state index in [1.54, 1.807) is 0 Å². The predicted molar refractivity (Wildman–Crippen MR) is 124 cm³/mol. The quantitative estimate of drug-likeness (QED) is 0.334. The maximum Gasteiger partial charge on any atom is 0.185 e. The van der Waals surface area contributed by atoms with E-state index in [0.717, 1.165) is 0 Å². The molecule has 2 heterocycles. The second-order valence-corrected chi connectivity index (χ2v) is 8.26. The van der Waals surface area contributed by atoms with Gasteiger partial charge in [-0.05, 0) is 23.3 Å². The van der Waals surface area contributed by atoms with Crippen LogP contribution in [0.25, 0.3) is 22.3 Å². The molecule has 33 heavy (non-hydrogen) atoms. The zero-order valence-corrected chi connectivity index (χ0v) is 20.1. The van der Waals surface area contributed by atoms with Gasteiger partial charge in [-0.15, -0.1) is 0 Å². The summed E-state index contributed by atoms with van der Waals surface area (Å²) in [6.45, 7) is 4.28. The first kappa shape index (κ1) is 26.1. The smallest absolute Gasteiger partial charge is 0.185 e. The molecule has 0 N–H and O–H groups in total. The first-order valence-corrected chi connectivity index (χ1v) is 11.7. The number of hydrogen-bond donors (Lipinski definition) is 0. The summed E-state index contributed by atoms with van der Waals surface area (Å²) in [4.78, 5) is 16.9. The van der Waals surface area contributed by atoms with Crippen molar-refractivity contribution < 1.29 is 27.7 Å². The van der Waals surface area contributed by atoms with Crippen LogP contribution in [0, 0.1) is 13.8 Å². The summed E-state index contributed by atoms with van der Waals surface area (Å²) in [5.41, 5.74) is 7.74. The molecular weight excluding hydrogens is 438 g/mol. The van der Waals surface area contributed by atoms with E-state index in [9.17, 15) is 4.20 Å². The van der Waals surface area contributed by atoms with Crippen LogP contribution in [-0.4, -0.2) is 0 Å². The van der Waals surface area contributed by atoms with E-state index >= 15 is 0 Å². The van der Waals surface area contributed by atoms with Crippen LogP contribution in [0.5, 0.6) is 0 Å². The molecule has 2 aromatic carbocycles. The molecule has 0 aliphatic rings. The summed E-state index contributed by atoms with van der Waals surface area (Å²) in [6, 6.07) is 29.4. The third kappa shape index (κ3) is 8.70. The summed E-state index contributed by atoms with van der Waals surface area (Å²) in [5.74, 6) is 0. The molecule has 0 saturated carbocycles. The number of benzene rings is 2. The van der Waals surface area contributed by atoms with Crippen molar-refractivity contribution in [3.05, 3.63) is 109 Å². The van der Waals surface area contributed by atoms with Crippen LogP contribution >= 0.6 is 7.91 Å². The summed E-state index contributed by atoms with van der Waals surface area (Å²) in [7, 11) is -1.50. The minimum atomic E-state index is -5.64. The molecule has 5 nitrogen and oxygen atoms in total. The molecule has 0 aliphatic carbocycles. The molecule has 0 unspecified atom stereocenters. The lowest BCUT2D eigenvalue weighted by Crippen LogP contribution is -2.31. The molecule has 0 amide bonds. The normalized spacial score (nSPS) is 10.4. The average molecular weight is 466 g/mol. The average Bonchev–Trinajstić information content (AvgIpc) is 2.78. The lowest BCUT2D eigenvalue weighted by Gasteiger charge is -2.15. The summed E-state index contributed by atoms with van der Waals surface area (Å²) >= 11 is 0. The van der Waals surface area contributed by atoms with Crippen molar-refractivity contribution >= 4 is 7.91 Å². The number of halogens is 1. The molecule has 4 rings (SSSR count). The van der Waals surface area contributed by atoms with Crippen LogP contribution in [-0.2, 0) is 18.7 Å². The molecule has 0 saturated heterocycles. The second-order valence-electron chi connectivity index (χ2n) is 7.40. The maximum atomic E-state index is 10.1. The Morgan fingerprint density at radius 3 is 1.24 bits per heavy atom. The minimum absolute atomic E-state index is 1.28. The van der Waals surface area contributed by atoms with Crippen LogP contribution < -0.4 is 18.9 Å². The molecule has 0 spiro atoms. The van der Waals surface area contributed by atoms with Gasteiger partial charge in [-0.1, -0.05) is 60.7 Å². The van der Waals surface area contributed by atoms with Gasteiger partial charge in [0.25, 0.3) is 0 Å². The fraction of sp³-hybridized carbons (Fsp3) is 0.154. The van der Waals surface area contributed by atoms with Crippen molar-refractivity contribution in [2.75, 3.05) is 0 Å². The van der Waals surface area contributed by atoms with E-state index in [0.29, 0.717) is 0 Å². The Balaban J connectivity index is 0.000000195. The standard InChI is InChI=1S/2C13H14N.FH2O3P/c2*1-11-13(9-6-10-14(11)2)12-7-4-3-5-8-12;1-5(2,3)4/h2*3-10H,1-2H3;(H2,2,3,4)/q2*+1;/p-2. The van der Waals surface area contributed by atoms with Crippen molar-refractivity contribution in [3.8, 4) is 22.3 Å². The van der Waals surface area contributed by atoms with E-state index in [-0.39, 0.29) is 0 Å². The summed E-state index contributed by atoms with van der Waals surface area (Å²) in [5, 5.41) is 0. The molecule has 0 aliphatic heterocycles. The van der Waals surface area contributed by atoms with Crippen LogP contribution in [0.1, 0.15) is 11.4 Å². The third-order valence-corrected chi connectivity index (χ3v) is 5.15. The van der Waals surface area contributed by atoms with Gasteiger partial charge in [-0.2, -0.15) is 0 Å². The first-order chi connectivity index (χ1) is 15.6. The van der Waals surface area contributed by atoms with E-state index in [4.69, 9.17) is 14.4 Å². The topological polar surface area (TPSA) is 71.0 Å². The van der Waals surface area contributed by atoms with Crippen molar-refractivity contribution in [2.45, 2.75) is 13.8 Å². The van der Waals surface area contributed by atoms with Gasteiger partial charge in [0, 0.05) is 37.1 Å². The zero-order valence-electron chi connectivity index (χ0n) is 19.2. The molecule has 0 fully saturated rings.